The predicted octanol–water partition coefficient (Wildman–Crippen LogP) is 2.32. The maximum absolute atomic E-state index is 14.2. The van der Waals surface area contributed by atoms with Crippen LogP contribution in [0.3, 0.4) is 0 Å². The lowest BCUT2D eigenvalue weighted by Gasteiger charge is -2.38. The van der Waals surface area contributed by atoms with Gasteiger partial charge in [-0.2, -0.15) is 0 Å². The number of likely N-dealkylation sites (tertiary alicyclic amines) is 1. The van der Waals surface area contributed by atoms with Crippen molar-refractivity contribution >= 4 is 6.09 Å². The topological polar surface area (TPSA) is 55.6 Å². The van der Waals surface area contributed by atoms with Gasteiger partial charge in [-0.1, -0.05) is 0 Å². The molecule has 2 atom stereocenters. The van der Waals surface area contributed by atoms with Gasteiger partial charge >= 0.3 is 6.09 Å². The second-order valence-electron chi connectivity index (χ2n) is 6.25. The standard InChI is InChI=1S/C13H25FN2O2/c1-12(2,3)18-11(17)16-7-5-6-10(8-16)13(4,14)9-15/h10H,5-9,15H2,1-4H3. The van der Waals surface area contributed by atoms with Gasteiger partial charge in [0.05, 0.1) is 0 Å². The number of nitrogens with two attached hydrogens (primary N) is 1. The van der Waals surface area contributed by atoms with Gasteiger partial charge in [-0.25, -0.2) is 9.18 Å². The molecule has 1 saturated heterocycles. The molecule has 1 rings (SSSR count). The highest BCUT2D eigenvalue weighted by molar-refractivity contribution is 5.68. The van der Waals surface area contributed by atoms with Crippen molar-refractivity contribution in [3.63, 3.8) is 0 Å². The van der Waals surface area contributed by atoms with Crippen LogP contribution in [-0.4, -0.2) is 41.9 Å². The zero-order chi connectivity index (χ0) is 14.0. The van der Waals surface area contributed by atoms with E-state index in [1.165, 1.54) is 6.92 Å². The van der Waals surface area contributed by atoms with E-state index in [0.29, 0.717) is 13.1 Å². The van der Waals surface area contributed by atoms with Gasteiger partial charge in [-0.05, 0) is 40.5 Å². The van der Waals surface area contributed by atoms with Gasteiger partial charge < -0.3 is 15.4 Å². The summed E-state index contributed by atoms with van der Waals surface area (Å²) in [6.45, 7) is 7.99. The van der Waals surface area contributed by atoms with Crippen molar-refractivity contribution in [2.24, 2.45) is 11.7 Å². The van der Waals surface area contributed by atoms with E-state index >= 15 is 0 Å². The van der Waals surface area contributed by atoms with Crippen molar-refractivity contribution in [1.82, 2.24) is 4.90 Å². The van der Waals surface area contributed by atoms with E-state index in [9.17, 15) is 9.18 Å². The number of hydrogen-bond donors (Lipinski definition) is 1. The van der Waals surface area contributed by atoms with Gasteiger partial charge in [0.2, 0.25) is 0 Å². The molecule has 1 heterocycles. The summed E-state index contributed by atoms with van der Waals surface area (Å²) in [6.07, 6.45) is 1.20. The molecule has 1 aliphatic heterocycles. The number of carbonyl (C=O) groups is 1. The van der Waals surface area contributed by atoms with Gasteiger partial charge in [0, 0.05) is 25.6 Å². The molecule has 4 nitrogen and oxygen atoms in total. The molecule has 2 unspecified atom stereocenters. The third-order valence-corrected chi connectivity index (χ3v) is 3.32. The van der Waals surface area contributed by atoms with E-state index in [-0.39, 0.29) is 18.6 Å². The molecule has 0 aliphatic carbocycles. The van der Waals surface area contributed by atoms with Crippen LogP contribution < -0.4 is 5.73 Å². The third kappa shape index (κ3) is 4.12. The van der Waals surface area contributed by atoms with E-state index in [1.807, 2.05) is 20.8 Å². The Morgan fingerprint density at radius 3 is 2.56 bits per heavy atom. The van der Waals surface area contributed by atoms with Crippen molar-refractivity contribution in [3.05, 3.63) is 0 Å². The Balaban J connectivity index is 2.61. The predicted molar refractivity (Wildman–Crippen MR) is 69.1 cm³/mol. The molecule has 0 aromatic rings. The van der Waals surface area contributed by atoms with Gasteiger partial charge in [0.15, 0.2) is 0 Å². The molecule has 1 amide bonds. The molecule has 0 aromatic carbocycles. The Morgan fingerprint density at radius 1 is 1.44 bits per heavy atom. The van der Waals surface area contributed by atoms with E-state index in [2.05, 4.69) is 0 Å². The Kier molecular flexibility index (Phi) is 4.59. The zero-order valence-electron chi connectivity index (χ0n) is 11.8. The van der Waals surface area contributed by atoms with Gasteiger partial charge in [0.25, 0.3) is 0 Å². The highest BCUT2D eigenvalue weighted by atomic mass is 19.1. The monoisotopic (exact) mass is 260 g/mol. The minimum atomic E-state index is -1.42. The summed E-state index contributed by atoms with van der Waals surface area (Å²) >= 11 is 0. The first-order chi connectivity index (χ1) is 8.15. The number of alkyl halides is 1. The number of nitrogens with zero attached hydrogens (tertiary/aromatic N) is 1. The van der Waals surface area contributed by atoms with E-state index in [1.54, 1.807) is 4.90 Å². The molecular weight excluding hydrogens is 235 g/mol. The minimum absolute atomic E-state index is 0.0141. The summed E-state index contributed by atoms with van der Waals surface area (Å²) < 4.78 is 19.5. The highest BCUT2D eigenvalue weighted by Crippen LogP contribution is 2.30. The highest BCUT2D eigenvalue weighted by Gasteiger charge is 2.38. The number of rotatable bonds is 2. The fourth-order valence-electron chi connectivity index (χ4n) is 2.13. The van der Waals surface area contributed by atoms with E-state index < -0.39 is 11.3 Å². The van der Waals surface area contributed by atoms with Crippen LogP contribution in [0.15, 0.2) is 0 Å². The minimum Gasteiger partial charge on any atom is -0.444 e. The Morgan fingerprint density at radius 2 is 2.06 bits per heavy atom. The third-order valence-electron chi connectivity index (χ3n) is 3.32. The van der Waals surface area contributed by atoms with Crippen molar-refractivity contribution in [2.75, 3.05) is 19.6 Å². The normalized spacial score (nSPS) is 24.6. The van der Waals surface area contributed by atoms with E-state index in [0.717, 1.165) is 12.8 Å². The van der Waals surface area contributed by atoms with Crippen LogP contribution in [0.5, 0.6) is 0 Å². The SMILES string of the molecule is CC(C)(C)OC(=O)N1CCCC(C(C)(F)CN)C1. The van der Waals surface area contributed by atoms with Crippen LogP contribution in [0.25, 0.3) is 0 Å². The maximum atomic E-state index is 14.2. The summed E-state index contributed by atoms with van der Waals surface area (Å²) in [6, 6.07) is 0. The van der Waals surface area contributed by atoms with Gasteiger partial charge in [0.1, 0.15) is 11.3 Å². The molecule has 1 aliphatic rings. The molecular formula is C13H25FN2O2. The van der Waals surface area contributed by atoms with Crippen molar-refractivity contribution in [3.8, 4) is 0 Å². The Hall–Kier alpha value is -0.840. The second kappa shape index (κ2) is 5.43. The number of halogens is 1. The van der Waals surface area contributed by atoms with Crippen LogP contribution >= 0.6 is 0 Å². The summed E-state index contributed by atoms with van der Waals surface area (Å²) in [7, 11) is 0. The molecule has 0 aromatic heterocycles. The van der Waals surface area contributed by atoms with Gasteiger partial charge in [-0.15, -0.1) is 0 Å². The number of hydrogen-bond acceptors (Lipinski definition) is 3. The Bertz CT molecular complexity index is 300. The summed E-state index contributed by atoms with van der Waals surface area (Å²) in [5, 5.41) is 0. The lowest BCUT2D eigenvalue weighted by atomic mass is 9.84. The number of carbonyl (C=O) groups excluding carboxylic acids is 1. The molecule has 0 saturated carbocycles. The second-order valence-corrected chi connectivity index (χ2v) is 6.25. The summed E-state index contributed by atoms with van der Waals surface area (Å²) in [5.41, 5.74) is 3.52. The molecule has 106 valence electrons. The van der Waals surface area contributed by atoms with E-state index in [4.69, 9.17) is 10.5 Å². The molecule has 18 heavy (non-hydrogen) atoms. The molecule has 0 bridgehead atoms. The molecule has 0 radical (unpaired) electrons. The first-order valence-electron chi connectivity index (χ1n) is 6.52. The van der Waals surface area contributed by atoms with Crippen molar-refractivity contribution in [2.45, 2.75) is 51.8 Å². The Labute approximate surface area is 109 Å². The average molecular weight is 260 g/mol. The maximum Gasteiger partial charge on any atom is 0.410 e. The molecule has 2 N–H and O–H groups in total. The first kappa shape index (κ1) is 15.2. The average Bonchev–Trinajstić information content (AvgIpc) is 2.27. The fraction of sp³-hybridized carbons (Fsp3) is 0.923. The zero-order valence-corrected chi connectivity index (χ0v) is 11.8. The number of piperidine rings is 1. The smallest absolute Gasteiger partial charge is 0.410 e. The van der Waals surface area contributed by atoms with Crippen LogP contribution in [0, 0.1) is 5.92 Å². The largest absolute Gasteiger partial charge is 0.444 e. The lowest BCUT2D eigenvalue weighted by molar-refractivity contribution is 0.0000639. The van der Waals surface area contributed by atoms with Crippen LogP contribution in [0.4, 0.5) is 9.18 Å². The van der Waals surface area contributed by atoms with Crippen molar-refractivity contribution < 1.29 is 13.9 Å². The van der Waals surface area contributed by atoms with Crippen LogP contribution in [0.1, 0.15) is 40.5 Å². The number of amides is 1. The van der Waals surface area contributed by atoms with Gasteiger partial charge in [-0.3, -0.25) is 0 Å². The summed E-state index contributed by atoms with van der Waals surface area (Å²) in [4.78, 5) is 13.5. The quantitative estimate of drug-likeness (QED) is 0.829. The molecule has 5 heteroatoms. The lowest BCUT2D eigenvalue weighted by Crippen LogP contribution is -2.50. The molecule has 0 spiro atoms. The summed E-state index contributed by atoms with van der Waals surface area (Å²) in [5.74, 6) is -0.205. The number of ether oxygens (including phenoxy) is 1. The van der Waals surface area contributed by atoms with Crippen molar-refractivity contribution in [1.29, 1.82) is 0 Å². The molecule has 1 fully saturated rings. The van der Waals surface area contributed by atoms with Crippen LogP contribution in [0.2, 0.25) is 0 Å². The van der Waals surface area contributed by atoms with Crippen LogP contribution in [-0.2, 0) is 4.74 Å². The fourth-order valence-corrected chi connectivity index (χ4v) is 2.13. The first-order valence-corrected chi connectivity index (χ1v) is 6.52.